The fourth-order valence-corrected chi connectivity index (χ4v) is 5.73. The molecular formula is C22H40O4. The number of hydrogen-bond donors (Lipinski definition) is 0. The lowest BCUT2D eigenvalue weighted by Crippen LogP contribution is -2.71. The van der Waals surface area contributed by atoms with Gasteiger partial charge in [0, 0.05) is 22.7 Å². The van der Waals surface area contributed by atoms with Crippen LogP contribution in [-0.4, -0.2) is 11.6 Å². The van der Waals surface area contributed by atoms with E-state index in [1.165, 1.54) is 0 Å². The van der Waals surface area contributed by atoms with Gasteiger partial charge < -0.3 is 0 Å². The van der Waals surface area contributed by atoms with Gasteiger partial charge in [-0.3, -0.25) is 0 Å². The highest BCUT2D eigenvalue weighted by molar-refractivity contribution is 5.04. The van der Waals surface area contributed by atoms with Crippen LogP contribution in [0.4, 0.5) is 0 Å². The Bertz CT molecular complexity index is 484. The summed E-state index contributed by atoms with van der Waals surface area (Å²) in [7, 11) is 0. The summed E-state index contributed by atoms with van der Waals surface area (Å²) in [5.41, 5.74) is -0.417. The molecule has 6 atom stereocenters. The summed E-state index contributed by atoms with van der Waals surface area (Å²) in [6.45, 7) is 22.3. The molecule has 1 heterocycles. The summed E-state index contributed by atoms with van der Waals surface area (Å²) in [6, 6.07) is 0. The van der Waals surface area contributed by atoms with E-state index in [9.17, 15) is 0 Å². The van der Waals surface area contributed by atoms with E-state index in [0.29, 0.717) is 23.7 Å². The molecule has 6 unspecified atom stereocenters. The van der Waals surface area contributed by atoms with Gasteiger partial charge in [-0.1, -0.05) is 69.2 Å². The lowest BCUT2D eigenvalue weighted by atomic mass is 9.57. The Labute approximate surface area is 160 Å². The monoisotopic (exact) mass is 368 g/mol. The van der Waals surface area contributed by atoms with Crippen LogP contribution in [0, 0.1) is 46.3 Å². The Balaban J connectivity index is 1.96. The fraction of sp³-hybridized carbons (Fsp3) is 1.00. The SMILES string of the molecule is CC1CC(C)C(C)(C)C2(OOC3(OO2)C(C)C(C)CC(C)C3(C)C)C1C. The third-order valence-electron chi connectivity index (χ3n) is 9.20. The molecule has 2 spiro atoms. The average Bonchev–Trinajstić information content (AvgIpc) is 2.57. The van der Waals surface area contributed by atoms with Gasteiger partial charge in [0.2, 0.25) is 11.6 Å². The van der Waals surface area contributed by atoms with Gasteiger partial charge in [0.25, 0.3) is 0 Å². The van der Waals surface area contributed by atoms with E-state index >= 15 is 0 Å². The minimum absolute atomic E-state index is 0.183. The number of rotatable bonds is 0. The highest BCUT2D eigenvalue weighted by Crippen LogP contribution is 2.62. The largest absolute Gasteiger partial charge is 0.242 e. The van der Waals surface area contributed by atoms with Crippen LogP contribution in [0.1, 0.15) is 82.1 Å². The van der Waals surface area contributed by atoms with Crippen LogP contribution in [0.15, 0.2) is 0 Å². The maximum Gasteiger partial charge on any atom is 0.242 e. The third-order valence-corrected chi connectivity index (χ3v) is 9.20. The van der Waals surface area contributed by atoms with E-state index in [2.05, 4.69) is 69.2 Å². The molecule has 2 aliphatic carbocycles. The maximum atomic E-state index is 6.32. The summed E-state index contributed by atoms with van der Waals surface area (Å²) >= 11 is 0. The smallest absolute Gasteiger partial charge is 0.194 e. The van der Waals surface area contributed by atoms with Gasteiger partial charge in [-0.15, -0.1) is 0 Å². The Morgan fingerprint density at radius 1 is 0.538 bits per heavy atom. The highest BCUT2D eigenvalue weighted by atomic mass is 17.4. The normalized spacial score (nSPS) is 53.8. The van der Waals surface area contributed by atoms with E-state index in [0.717, 1.165) is 12.8 Å². The van der Waals surface area contributed by atoms with Crippen LogP contribution >= 0.6 is 0 Å². The second-order valence-electron chi connectivity index (χ2n) is 10.9. The molecule has 0 N–H and O–H groups in total. The predicted octanol–water partition coefficient (Wildman–Crippen LogP) is 5.97. The summed E-state index contributed by atoms with van der Waals surface area (Å²) in [5, 5.41) is 0. The average molecular weight is 369 g/mol. The van der Waals surface area contributed by atoms with Gasteiger partial charge in [-0.25, -0.2) is 0 Å². The first-order valence-corrected chi connectivity index (χ1v) is 10.6. The first kappa shape index (κ1) is 20.6. The van der Waals surface area contributed by atoms with E-state index in [1.807, 2.05) is 0 Å². The lowest BCUT2D eigenvalue weighted by Gasteiger charge is -2.63. The van der Waals surface area contributed by atoms with Crippen molar-refractivity contribution in [1.82, 2.24) is 0 Å². The summed E-state index contributed by atoms with van der Waals surface area (Å²) in [6.07, 6.45) is 2.31. The van der Waals surface area contributed by atoms with Crippen LogP contribution in [-0.2, 0) is 19.6 Å². The molecule has 3 aliphatic rings. The van der Waals surface area contributed by atoms with Crippen molar-refractivity contribution in [3.63, 3.8) is 0 Å². The predicted molar refractivity (Wildman–Crippen MR) is 102 cm³/mol. The van der Waals surface area contributed by atoms with Gasteiger partial charge in [0.05, 0.1) is 0 Å². The van der Waals surface area contributed by atoms with Crippen molar-refractivity contribution in [3.8, 4) is 0 Å². The zero-order chi connectivity index (χ0) is 19.7. The van der Waals surface area contributed by atoms with Gasteiger partial charge in [0.1, 0.15) is 0 Å². The molecule has 3 rings (SSSR count). The first-order valence-electron chi connectivity index (χ1n) is 10.6. The number of hydrogen-bond acceptors (Lipinski definition) is 4. The Kier molecular flexibility index (Phi) is 4.88. The van der Waals surface area contributed by atoms with Crippen LogP contribution in [0.2, 0.25) is 0 Å². The highest BCUT2D eigenvalue weighted by Gasteiger charge is 2.69. The van der Waals surface area contributed by atoms with Crippen LogP contribution < -0.4 is 0 Å². The van der Waals surface area contributed by atoms with E-state index in [4.69, 9.17) is 19.6 Å². The minimum Gasteiger partial charge on any atom is -0.194 e. The van der Waals surface area contributed by atoms with Crippen molar-refractivity contribution in [3.05, 3.63) is 0 Å². The minimum atomic E-state index is -0.880. The Morgan fingerprint density at radius 2 is 0.808 bits per heavy atom. The molecule has 1 saturated heterocycles. The molecule has 2 saturated carbocycles. The molecule has 152 valence electrons. The topological polar surface area (TPSA) is 36.9 Å². The van der Waals surface area contributed by atoms with Crippen molar-refractivity contribution >= 4 is 0 Å². The third kappa shape index (κ3) is 2.41. The molecule has 3 fully saturated rings. The van der Waals surface area contributed by atoms with Crippen LogP contribution in [0.5, 0.6) is 0 Å². The van der Waals surface area contributed by atoms with Gasteiger partial charge in [0.15, 0.2) is 0 Å². The van der Waals surface area contributed by atoms with Crippen molar-refractivity contribution in [2.24, 2.45) is 46.3 Å². The first-order chi connectivity index (χ1) is 11.8. The van der Waals surface area contributed by atoms with Crippen molar-refractivity contribution in [1.29, 1.82) is 0 Å². The molecule has 1 aliphatic heterocycles. The van der Waals surface area contributed by atoms with Gasteiger partial charge >= 0.3 is 0 Å². The molecule has 0 bridgehead atoms. The van der Waals surface area contributed by atoms with Crippen LogP contribution in [0.3, 0.4) is 0 Å². The van der Waals surface area contributed by atoms with Crippen molar-refractivity contribution in [2.45, 2.75) is 93.7 Å². The second-order valence-corrected chi connectivity index (χ2v) is 10.9. The van der Waals surface area contributed by atoms with E-state index < -0.39 is 11.6 Å². The molecule has 0 radical (unpaired) electrons. The zero-order valence-electron chi connectivity index (χ0n) is 18.5. The van der Waals surface area contributed by atoms with Gasteiger partial charge in [-0.2, -0.15) is 19.6 Å². The Morgan fingerprint density at radius 3 is 1.08 bits per heavy atom. The van der Waals surface area contributed by atoms with Gasteiger partial charge in [-0.05, 0) is 36.5 Å². The van der Waals surface area contributed by atoms with E-state index in [-0.39, 0.29) is 22.7 Å². The molecule has 0 amide bonds. The summed E-state index contributed by atoms with van der Waals surface area (Å²) in [5.74, 6) is 0.465. The molecular weight excluding hydrogens is 328 g/mol. The zero-order valence-corrected chi connectivity index (χ0v) is 18.5. The van der Waals surface area contributed by atoms with Crippen LogP contribution in [0.25, 0.3) is 0 Å². The quantitative estimate of drug-likeness (QED) is 0.494. The molecule has 0 aromatic heterocycles. The Hall–Kier alpha value is -0.160. The lowest BCUT2D eigenvalue weighted by molar-refractivity contribution is -0.704. The molecule has 26 heavy (non-hydrogen) atoms. The summed E-state index contributed by atoms with van der Waals surface area (Å²) < 4.78 is 0. The molecule has 0 aromatic carbocycles. The molecule has 4 nitrogen and oxygen atoms in total. The van der Waals surface area contributed by atoms with Crippen molar-refractivity contribution in [2.75, 3.05) is 0 Å². The molecule has 0 aromatic rings. The molecule has 4 heteroatoms. The summed E-state index contributed by atoms with van der Waals surface area (Å²) in [4.78, 5) is 25.3. The van der Waals surface area contributed by atoms with Crippen molar-refractivity contribution < 1.29 is 19.6 Å². The van der Waals surface area contributed by atoms with E-state index in [1.54, 1.807) is 0 Å². The maximum absolute atomic E-state index is 6.32. The standard InChI is InChI=1S/C22H40O4/c1-13-11-15(3)19(7,8)21(17(13)5)23-25-22(26-24-21)18(6)14(2)12-16(4)20(22,9)10/h13-18H,11-12H2,1-10H3. The second kappa shape index (κ2) is 6.17. The fourth-order valence-electron chi connectivity index (χ4n) is 5.73.